The van der Waals surface area contributed by atoms with Crippen LogP contribution in [0.25, 0.3) is 0 Å². The number of nitrogens with one attached hydrogen (secondary N) is 1. The molecular formula is C8H12N4O2. The Balaban J connectivity index is 2.92. The average Bonchev–Trinajstić information content (AvgIpc) is 2.54. The lowest BCUT2D eigenvalue weighted by Crippen LogP contribution is -2.38. The van der Waals surface area contributed by atoms with E-state index in [9.17, 15) is 9.59 Å². The summed E-state index contributed by atoms with van der Waals surface area (Å²) in [5.41, 5.74) is -0.0751. The highest BCUT2D eigenvalue weighted by molar-refractivity contribution is 5.69. The Morgan fingerprint density at radius 1 is 1.14 bits per heavy atom. The van der Waals surface area contributed by atoms with Crippen LogP contribution in [-0.2, 0) is 14.1 Å². The van der Waals surface area contributed by atoms with Crippen molar-refractivity contribution in [1.82, 2.24) is 9.13 Å². The van der Waals surface area contributed by atoms with Gasteiger partial charge in [0, 0.05) is 21.1 Å². The molecule has 0 radical (unpaired) electrons. The summed E-state index contributed by atoms with van der Waals surface area (Å²) in [6.07, 6.45) is 0. The minimum atomic E-state index is -0.302. The smallest absolute Gasteiger partial charge is 0.332 e. The molecule has 2 heterocycles. The minimum absolute atomic E-state index is 0.271. The van der Waals surface area contributed by atoms with E-state index < -0.39 is 0 Å². The first-order chi connectivity index (χ1) is 6.54. The topological polar surface area (TPSA) is 59.3 Å². The summed E-state index contributed by atoms with van der Waals surface area (Å²) >= 11 is 0. The van der Waals surface area contributed by atoms with Gasteiger partial charge in [0.05, 0.1) is 6.67 Å². The van der Waals surface area contributed by atoms with Crippen molar-refractivity contribution in [2.75, 3.05) is 23.9 Å². The van der Waals surface area contributed by atoms with Crippen LogP contribution in [0.2, 0.25) is 0 Å². The zero-order chi connectivity index (χ0) is 10.5. The fraction of sp³-hybridized carbons (Fsp3) is 0.500. The van der Waals surface area contributed by atoms with Crippen molar-refractivity contribution >= 4 is 11.5 Å². The van der Waals surface area contributed by atoms with Gasteiger partial charge in [0.15, 0.2) is 0 Å². The normalized spacial score (nSPS) is 14.1. The van der Waals surface area contributed by atoms with Crippen LogP contribution in [0.5, 0.6) is 0 Å². The lowest BCUT2D eigenvalue weighted by Gasteiger charge is -2.13. The zero-order valence-electron chi connectivity index (χ0n) is 8.37. The van der Waals surface area contributed by atoms with Crippen molar-refractivity contribution in [2.45, 2.75) is 0 Å². The molecule has 1 N–H and O–H groups in total. The molecule has 1 aromatic rings. The molecule has 2 rings (SSSR count). The predicted molar refractivity (Wildman–Crippen MR) is 53.8 cm³/mol. The highest BCUT2D eigenvalue weighted by atomic mass is 16.2. The minimum Gasteiger partial charge on any atom is -0.360 e. The molecule has 0 saturated heterocycles. The van der Waals surface area contributed by atoms with Gasteiger partial charge in [-0.25, -0.2) is 4.79 Å². The van der Waals surface area contributed by atoms with Crippen LogP contribution >= 0.6 is 0 Å². The molecule has 1 aliphatic rings. The van der Waals surface area contributed by atoms with Gasteiger partial charge in [-0.2, -0.15) is 0 Å². The molecule has 0 spiro atoms. The Kier molecular flexibility index (Phi) is 1.67. The molecule has 0 fully saturated rings. The highest BCUT2D eigenvalue weighted by Crippen LogP contribution is 2.23. The van der Waals surface area contributed by atoms with Crippen molar-refractivity contribution < 1.29 is 0 Å². The number of rotatable bonds is 0. The van der Waals surface area contributed by atoms with E-state index in [4.69, 9.17) is 0 Å². The van der Waals surface area contributed by atoms with Gasteiger partial charge in [-0.05, 0) is 0 Å². The van der Waals surface area contributed by atoms with Crippen molar-refractivity contribution in [3.8, 4) is 0 Å². The van der Waals surface area contributed by atoms with Gasteiger partial charge in [0.2, 0.25) is 0 Å². The molecule has 6 heteroatoms. The predicted octanol–water partition coefficient (Wildman–Crippen LogP) is -1.10. The molecule has 14 heavy (non-hydrogen) atoms. The Morgan fingerprint density at radius 3 is 2.43 bits per heavy atom. The van der Waals surface area contributed by atoms with Gasteiger partial charge < -0.3 is 10.2 Å². The highest BCUT2D eigenvalue weighted by Gasteiger charge is 2.23. The van der Waals surface area contributed by atoms with E-state index in [1.807, 2.05) is 11.9 Å². The number of fused-ring (bicyclic) bond motifs is 1. The van der Waals surface area contributed by atoms with E-state index in [2.05, 4.69) is 5.32 Å². The van der Waals surface area contributed by atoms with Crippen molar-refractivity contribution in [1.29, 1.82) is 0 Å². The average molecular weight is 196 g/mol. The van der Waals surface area contributed by atoms with E-state index in [0.717, 1.165) is 4.57 Å². The van der Waals surface area contributed by atoms with Crippen LogP contribution in [-0.4, -0.2) is 22.9 Å². The van der Waals surface area contributed by atoms with Crippen molar-refractivity contribution in [3.63, 3.8) is 0 Å². The van der Waals surface area contributed by atoms with Crippen molar-refractivity contribution in [2.24, 2.45) is 14.1 Å². The quantitative estimate of drug-likeness (QED) is 0.572. The maximum Gasteiger partial charge on any atom is 0.332 e. The molecule has 0 saturated carbocycles. The van der Waals surface area contributed by atoms with Gasteiger partial charge >= 0.3 is 5.69 Å². The molecule has 0 atom stereocenters. The summed E-state index contributed by atoms with van der Waals surface area (Å²) in [5.74, 6) is 0.651. The molecule has 76 valence electrons. The van der Waals surface area contributed by atoms with Gasteiger partial charge in [-0.15, -0.1) is 0 Å². The van der Waals surface area contributed by atoms with Gasteiger partial charge in [0.1, 0.15) is 11.5 Å². The summed E-state index contributed by atoms with van der Waals surface area (Å²) in [6, 6.07) is 0. The summed E-state index contributed by atoms with van der Waals surface area (Å²) in [5, 5.41) is 2.96. The van der Waals surface area contributed by atoms with E-state index in [-0.39, 0.29) is 11.2 Å². The second-order valence-corrected chi connectivity index (χ2v) is 3.44. The van der Waals surface area contributed by atoms with Crippen LogP contribution in [0.3, 0.4) is 0 Å². The van der Waals surface area contributed by atoms with Crippen molar-refractivity contribution in [3.05, 3.63) is 20.8 Å². The number of hydrogen-bond acceptors (Lipinski definition) is 4. The van der Waals surface area contributed by atoms with E-state index >= 15 is 0 Å². The number of aromatic nitrogens is 2. The largest absolute Gasteiger partial charge is 0.360 e. The fourth-order valence-corrected chi connectivity index (χ4v) is 1.71. The van der Waals surface area contributed by atoms with Crippen LogP contribution < -0.4 is 21.5 Å². The molecule has 6 nitrogen and oxygen atoms in total. The zero-order valence-corrected chi connectivity index (χ0v) is 8.37. The summed E-state index contributed by atoms with van der Waals surface area (Å²) in [7, 11) is 4.97. The second kappa shape index (κ2) is 2.63. The molecule has 0 bridgehead atoms. The number of nitrogens with zero attached hydrogens (tertiary/aromatic N) is 3. The standard InChI is InChI=1S/C8H12N4O2/c1-10-4-9-5-6(10)11(2)8(14)12(3)7(5)13/h9H,4H2,1-3H3. The molecular weight excluding hydrogens is 184 g/mol. The summed E-state index contributed by atoms with van der Waals surface area (Å²) in [6.45, 7) is 0.557. The molecule has 0 unspecified atom stereocenters. The summed E-state index contributed by atoms with van der Waals surface area (Å²) < 4.78 is 2.57. The molecule has 0 aromatic carbocycles. The second-order valence-electron chi connectivity index (χ2n) is 3.44. The van der Waals surface area contributed by atoms with Crippen LogP contribution in [0.1, 0.15) is 0 Å². The first-order valence-corrected chi connectivity index (χ1v) is 4.29. The van der Waals surface area contributed by atoms with Gasteiger partial charge in [-0.3, -0.25) is 13.9 Å². The molecule has 0 amide bonds. The van der Waals surface area contributed by atoms with E-state index in [0.29, 0.717) is 18.2 Å². The lowest BCUT2D eigenvalue weighted by atomic mass is 10.4. The molecule has 1 aromatic heterocycles. The lowest BCUT2D eigenvalue weighted by molar-refractivity contribution is 0.690. The maximum atomic E-state index is 11.6. The Bertz CT molecular complexity index is 499. The van der Waals surface area contributed by atoms with Gasteiger partial charge in [-0.1, -0.05) is 0 Å². The first-order valence-electron chi connectivity index (χ1n) is 4.29. The third kappa shape index (κ3) is 0.905. The first kappa shape index (κ1) is 8.86. The maximum absolute atomic E-state index is 11.6. The van der Waals surface area contributed by atoms with E-state index in [1.165, 1.54) is 11.6 Å². The fourth-order valence-electron chi connectivity index (χ4n) is 1.71. The Morgan fingerprint density at radius 2 is 1.79 bits per heavy atom. The summed E-state index contributed by atoms with van der Waals surface area (Å²) in [4.78, 5) is 25.0. The number of anilines is 2. The van der Waals surface area contributed by atoms with Crippen LogP contribution in [0, 0.1) is 0 Å². The van der Waals surface area contributed by atoms with E-state index in [1.54, 1.807) is 7.05 Å². The Labute approximate surface area is 80.4 Å². The SMILES string of the molecule is CN1CNc2c1n(C)c(=O)n(C)c2=O. The monoisotopic (exact) mass is 196 g/mol. The van der Waals surface area contributed by atoms with Crippen LogP contribution in [0.4, 0.5) is 11.5 Å². The number of hydrogen-bond donors (Lipinski definition) is 1. The third-order valence-electron chi connectivity index (χ3n) is 2.49. The molecule has 0 aliphatic carbocycles. The van der Waals surface area contributed by atoms with Crippen LogP contribution in [0.15, 0.2) is 9.59 Å². The van der Waals surface area contributed by atoms with Gasteiger partial charge in [0.25, 0.3) is 5.56 Å². The third-order valence-corrected chi connectivity index (χ3v) is 2.49. The molecule has 1 aliphatic heterocycles. The Hall–Kier alpha value is -1.72.